The third kappa shape index (κ3) is 10.7. The van der Waals surface area contributed by atoms with E-state index in [0.29, 0.717) is 13.2 Å². The number of ether oxygens (including phenoxy) is 3. The predicted molar refractivity (Wildman–Crippen MR) is 146 cm³/mol. The van der Waals surface area contributed by atoms with Gasteiger partial charge in [-0.1, -0.05) is 24.6 Å². The molecule has 0 aliphatic carbocycles. The molecule has 37 heavy (non-hydrogen) atoms. The molecule has 2 amide bonds. The van der Waals surface area contributed by atoms with Crippen molar-refractivity contribution < 1.29 is 24.1 Å². The Labute approximate surface area is 220 Å². The number of fused-ring (bicyclic) bond motifs is 1. The molecule has 1 aliphatic rings. The van der Waals surface area contributed by atoms with Gasteiger partial charge in [0.1, 0.15) is 5.75 Å². The number of anilines is 1. The molecule has 1 aliphatic heterocycles. The van der Waals surface area contributed by atoms with Crippen LogP contribution in [0.2, 0.25) is 0 Å². The van der Waals surface area contributed by atoms with Gasteiger partial charge in [-0.3, -0.25) is 0 Å². The van der Waals surface area contributed by atoms with Crippen LogP contribution in [0.4, 0.5) is 10.5 Å². The minimum Gasteiger partial charge on any atom is -0.463 e. The van der Waals surface area contributed by atoms with E-state index in [1.54, 1.807) is 0 Å². The minimum atomic E-state index is -0.610. The largest absolute Gasteiger partial charge is 0.463 e. The highest BCUT2D eigenvalue weighted by molar-refractivity contribution is 5.87. The van der Waals surface area contributed by atoms with Gasteiger partial charge in [0.15, 0.2) is 0 Å². The highest BCUT2D eigenvalue weighted by Gasteiger charge is 2.27. The topological polar surface area (TPSA) is 115 Å². The number of aliphatic hydroxyl groups excluding tert-OH is 1. The normalized spacial score (nSPS) is 15.0. The van der Waals surface area contributed by atoms with Crippen LogP contribution >= 0.6 is 0 Å². The second kappa shape index (κ2) is 14.9. The molecule has 0 radical (unpaired) electrons. The first-order chi connectivity index (χ1) is 17.8. The molecular weight excluding hydrogens is 470 g/mol. The summed E-state index contributed by atoms with van der Waals surface area (Å²) in [5.74, 6) is 0.214. The van der Waals surface area contributed by atoms with Crippen LogP contribution in [0.3, 0.4) is 0 Å². The summed E-state index contributed by atoms with van der Waals surface area (Å²) >= 11 is 0. The monoisotopic (exact) mass is 513 g/mol. The lowest BCUT2D eigenvalue weighted by molar-refractivity contribution is -0.180. The molecule has 5 N–H and O–H groups in total. The zero-order chi connectivity index (χ0) is 26.5. The van der Waals surface area contributed by atoms with Gasteiger partial charge in [0.25, 0.3) is 0 Å². The Morgan fingerprint density at radius 3 is 2.65 bits per heavy atom. The maximum Gasteiger partial charge on any atom is 0.316 e. The third-order valence-corrected chi connectivity index (χ3v) is 6.33. The van der Waals surface area contributed by atoms with Gasteiger partial charge in [0.05, 0.1) is 12.7 Å². The van der Waals surface area contributed by atoms with E-state index < -0.39 is 17.9 Å². The van der Waals surface area contributed by atoms with E-state index in [0.717, 1.165) is 87.3 Å². The van der Waals surface area contributed by atoms with Gasteiger partial charge < -0.3 is 35.7 Å². The number of nitrogens with one attached hydrogen (secondary N) is 2. The summed E-state index contributed by atoms with van der Waals surface area (Å²) in [6.45, 7) is 7.26. The number of aryl methyl sites for hydroxylation is 1. The average molecular weight is 514 g/mol. The fourth-order valence-corrected chi connectivity index (χ4v) is 4.31. The van der Waals surface area contributed by atoms with Gasteiger partial charge >= 0.3 is 6.03 Å². The third-order valence-electron chi connectivity index (χ3n) is 6.33. The number of unbranched alkanes of at least 4 members (excludes halogenated alkanes) is 4. The molecular formula is C29H43N3O5. The maximum atomic E-state index is 11.0. The lowest BCUT2D eigenvalue weighted by Gasteiger charge is -2.33. The van der Waals surface area contributed by atoms with Crippen LogP contribution in [0, 0.1) is 0 Å². The zero-order valence-corrected chi connectivity index (χ0v) is 22.3. The van der Waals surface area contributed by atoms with Gasteiger partial charge in [-0.2, -0.15) is 0 Å². The van der Waals surface area contributed by atoms with E-state index >= 15 is 0 Å². The van der Waals surface area contributed by atoms with Crippen molar-refractivity contribution in [2.24, 2.45) is 5.73 Å². The Bertz CT molecular complexity index is 982. The van der Waals surface area contributed by atoms with E-state index in [1.165, 1.54) is 5.56 Å². The number of nitrogens with two attached hydrogens (primary N) is 1. The van der Waals surface area contributed by atoms with E-state index in [4.69, 9.17) is 19.9 Å². The van der Waals surface area contributed by atoms with Crippen LogP contribution in [0.1, 0.15) is 75.2 Å². The Hall–Kier alpha value is -2.65. The van der Waals surface area contributed by atoms with Crippen LogP contribution in [-0.2, 0) is 22.5 Å². The fourth-order valence-electron chi connectivity index (χ4n) is 4.31. The van der Waals surface area contributed by atoms with Crippen molar-refractivity contribution in [1.29, 1.82) is 0 Å². The van der Waals surface area contributed by atoms with Crippen molar-refractivity contribution in [3.8, 4) is 5.75 Å². The number of rotatable bonds is 16. The van der Waals surface area contributed by atoms with Gasteiger partial charge in [0, 0.05) is 44.9 Å². The van der Waals surface area contributed by atoms with Gasteiger partial charge in [-0.25, -0.2) is 4.79 Å². The van der Waals surface area contributed by atoms with Crippen LogP contribution in [-0.4, -0.2) is 43.2 Å². The average Bonchev–Trinajstić information content (AvgIpc) is 2.85. The summed E-state index contributed by atoms with van der Waals surface area (Å²) in [6.07, 6.45) is 6.88. The van der Waals surface area contributed by atoms with Crippen molar-refractivity contribution in [1.82, 2.24) is 5.32 Å². The van der Waals surface area contributed by atoms with Gasteiger partial charge in [-0.15, -0.1) is 0 Å². The second-order valence-corrected chi connectivity index (χ2v) is 10.1. The Morgan fingerprint density at radius 2 is 1.86 bits per heavy atom. The van der Waals surface area contributed by atoms with Crippen molar-refractivity contribution in [3.63, 3.8) is 0 Å². The number of urea groups is 1. The summed E-state index contributed by atoms with van der Waals surface area (Å²) in [5.41, 5.74) is 8.95. The smallest absolute Gasteiger partial charge is 0.316 e. The van der Waals surface area contributed by atoms with E-state index in [1.807, 2.05) is 50.2 Å². The summed E-state index contributed by atoms with van der Waals surface area (Å²) < 4.78 is 17.3. The molecule has 0 spiro atoms. The fraction of sp³-hybridized carbons (Fsp3) is 0.552. The molecule has 1 heterocycles. The molecule has 1 atom stereocenters. The molecule has 0 aromatic heterocycles. The number of primary amides is 1. The number of amides is 2. The number of carbonyl (C=O) groups is 1. The molecule has 2 aromatic carbocycles. The van der Waals surface area contributed by atoms with Gasteiger partial charge in [0.2, 0.25) is 5.79 Å². The van der Waals surface area contributed by atoms with E-state index in [-0.39, 0.29) is 0 Å². The Kier molecular flexibility index (Phi) is 11.7. The first-order valence-electron chi connectivity index (χ1n) is 13.4. The van der Waals surface area contributed by atoms with Crippen LogP contribution < -0.4 is 21.1 Å². The summed E-state index contributed by atoms with van der Waals surface area (Å²) in [4.78, 5) is 11.0. The molecule has 8 nitrogen and oxygen atoms in total. The molecule has 0 saturated heterocycles. The minimum absolute atomic E-state index is 0.491. The van der Waals surface area contributed by atoms with Crippen LogP contribution in [0.15, 0.2) is 42.5 Å². The predicted octanol–water partition coefficient (Wildman–Crippen LogP) is 5.05. The van der Waals surface area contributed by atoms with Crippen molar-refractivity contribution in [2.75, 3.05) is 31.6 Å². The Balaban J connectivity index is 1.15. The second-order valence-electron chi connectivity index (χ2n) is 10.1. The molecule has 2 aromatic rings. The van der Waals surface area contributed by atoms with Crippen molar-refractivity contribution >= 4 is 11.7 Å². The van der Waals surface area contributed by atoms with E-state index in [9.17, 15) is 9.90 Å². The van der Waals surface area contributed by atoms with Crippen LogP contribution in [0.5, 0.6) is 5.75 Å². The molecule has 0 unspecified atom stereocenters. The SMILES string of the molecule is CC1(C)OCc2cc([C@@H](O)CNCCCCCOCCCCCc3cccc(NC(N)=O)c3)ccc2O1. The van der Waals surface area contributed by atoms with Crippen LogP contribution in [0.25, 0.3) is 0 Å². The first-order valence-corrected chi connectivity index (χ1v) is 13.4. The van der Waals surface area contributed by atoms with Gasteiger partial charge in [-0.05, 0) is 80.5 Å². The van der Waals surface area contributed by atoms with Crippen molar-refractivity contribution in [2.45, 2.75) is 77.3 Å². The number of hydrogen-bond acceptors (Lipinski definition) is 6. The summed E-state index contributed by atoms with van der Waals surface area (Å²) in [5, 5.41) is 16.5. The molecule has 3 rings (SSSR count). The maximum absolute atomic E-state index is 11.0. The number of aliphatic hydroxyl groups is 1. The highest BCUT2D eigenvalue weighted by atomic mass is 16.7. The molecule has 0 fully saturated rings. The quantitative estimate of drug-likeness (QED) is 0.234. The molecule has 0 saturated carbocycles. The number of hydrogen-bond donors (Lipinski definition) is 4. The summed E-state index contributed by atoms with van der Waals surface area (Å²) in [6, 6.07) is 13.1. The highest BCUT2D eigenvalue weighted by Crippen LogP contribution is 2.32. The molecule has 0 bridgehead atoms. The first kappa shape index (κ1) is 28.9. The van der Waals surface area contributed by atoms with E-state index in [2.05, 4.69) is 16.7 Å². The number of carbonyl (C=O) groups excluding carboxylic acids is 1. The molecule has 8 heteroatoms. The lowest BCUT2D eigenvalue weighted by Crippen LogP contribution is -2.35. The van der Waals surface area contributed by atoms with Crippen molar-refractivity contribution in [3.05, 3.63) is 59.2 Å². The number of benzene rings is 2. The Morgan fingerprint density at radius 1 is 1.08 bits per heavy atom. The molecule has 204 valence electrons. The lowest BCUT2D eigenvalue weighted by atomic mass is 10.0. The summed E-state index contributed by atoms with van der Waals surface area (Å²) in [7, 11) is 0. The standard InChI is InChI=1S/C29H43N3O5/c1-29(2)36-21-24-19-23(13-14-27(24)37-29)26(33)20-31-15-6-4-8-17-35-16-7-3-5-10-22-11-9-12-25(18-22)32-28(30)34/h9,11-14,18-19,26,31,33H,3-8,10,15-17,20-21H2,1-2H3,(H3,30,32,34)/t26-/m0/s1. The zero-order valence-electron chi connectivity index (χ0n) is 22.3.